The van der Waals surface area contributed by atoms with Crippen LogP contribution >= 0.6 is 0 Å². The van der Waals surface area contributed by atoms with Gasteiger partial charge < -0.3 is 25.0 Å². The maximum atomic E-state index is 13.4. The van der Waals surface area contributed by atoms with Gasteiger partial charge in [0.1, 0.15) is 12.4 Å². The van der Waals surface area contributed by atoms with Crippen LogP contribution in [0.5, 0.6) is 5.75 Å². The summed E-state index contributed by atoms with van der Waals surface area (Å²) in [5, 5.41) is 14.4. The van der Waals surface area contributed by atoms with Gasteiger partial charge in [0, 0.05) is 57.9 Å². The number of hydrogen-bond acceptors (Lipinski definition) is 6. The molecular weight excluding hydrogens is 456 g/mol. The highest BCUT2D eigenvalue weighted by molar-refractivity contribution is 5.98. The molecule has 3 aliphatic heterocycles. The second-order valence-electron chi connectivity index (χ2n) is 10.1. The zero-order valence-electron chi connectivity index (χ0n) is 21.0. The lowest BCUT2D eigenvalue weighted by molar-refractivity contribution is -0.129. The molecule has 5 rings (SSSR count). The summed E-state index contributed by atoms with van der Waals surface area (Å²) < 4.78 is 5.88. The molecule has 0 radical (unpaired) electrons. The van der Waals surface area contributed by atoms with Gasteiger partial charge in [-0.15, -0.1) is 0 Å². The van der Waals surface area contributed by atoms with E-state index in [0.29, 0.717) is 31.0 Å². The third-order valence-electron chi connectivity index (χ3n) is 7.54. The lowest BCUT2D eigenvalue weighted by Crippen LogP contribution is -2.44. The van der Waals surface area contributed by atoms with Crippen LogP contribution in [0.2, 0.25) is 0 Å². The molecule has 0 aliphatic carbocycles. The number of piperidine rings is 1. The Morgan fingerprint density at radius 1 is 1.08 bits per heavy atom. The Kier molecular flexibility index (Phi) is 7.43. The van der Waals surface area contributed by atoms with Crippen LogP contribution in [0.1, 0.15) is 41.3 Å². The van der Waals surface area contributed by atoms with Crippen LogP contribution in [0, 0.1) is 0 Å². The smallest absolute Gasteiger partial charge is 0.257 e. The topological polar surface area (TPSA) is 85.4 Å². The highest BCUT2D eigenvalue weighted by Crippen LogP contribution is 2.28. The molecule has 0 bridgehead atoms. The van der Waals surface area contributed by atoms with E-state index in [0.717, 1.165) is 51.1 Å². The average molecular weight is 493 g/mol. The van der Waals surface area contributed by atoms with Gasteiger partial charge in [-0.2, -0.15) is 0 Å². The number of nitrogens with one attached hydrogen (secondary N) is 1. The van der Waals surface area contributed by atoms with Crippen LogP contribution in [0.15, 0.2) is 42.5 Å². The van der Waals surface area contributed by atoms with E-state index in [4.69, 9.17) is 4.74 Å². The number of ether oxygens (including phenoxy) is 1. The number of aliphatic hydroxyl groups excluding tert-OH is 1. The molecule has 2 amide bonds. The number of rotatable bonds is 6. The Balaban J connectivity index is 1.19. The molecule has 1 fully saturated rings. The average Bonchev–Trinajstić information content (AvgIpc) is 3.03. The summed E-state index contributed by atoms with van der Waals surface area (Å²) in [5.41, 5.74) is 4.10. The van der Waals surface area contributed by atoms with Crippen LogP contribution in [-0.2, 0) is 17.8 Å². The first-order valence-corrected chi connectivity index (χ1v) is 13.0. The summed E-state index contributed by atoms with van der Waals surface area (Å²) in [6, 6.07) is 14.4. The maximum Gasteiger partial charge on any atom is 0.257 e. The minimum absolute atomic E-state index is 0.111. The van der Waals surface area contributed by atoms with Crippen molar-refractivity contribution < 1.29 is 19.4 Å². The van der Waals surface area contributed by atoms with Gasteiger partial charge in [0.25, 0.3) is 5.91 Å². The molecule has 3 heterocycles. The molecule has 1 atom stereocenters. The number of β-amino-alcohol motifs (C(OH)–C–C–N with tert-alkyl or cyclic N) is 1. The predicted molar refractivity (Wildman–Crippen MR) is 138 cm³/mol. The number of amides is 2. The molecule has 3 aliphatic rings. The number of fused-ring (bicyclic) bond motifs is 2. The third-order valence-corrected chi connectivity index (χ3v) is 7.54. The molecule has 0 unspecified atom stereocenters. The quantitative estimate of drug-likeness (QED) is 0.644. The Morgan fingerprint density at radius 2 is 1.86 bits per heavy atom. The first kappa shape index (κ1) is 24.6. The van der Waals surface area contributed by atoms with Gasteiger partial charge in [0.15, 0.2) is 0 Å². The SMILES string of the molecule is CC(=O)N1CCC(Nc2ccc3c(c2)C(=O)N(C[C@@H](O)CN2CCc4ccccc4C2)CCO3)CC1. The molecule has 2 aromatic rings. The zero-order chi connectivity index (χ0) is 25.1. The van der Waals surface area contributed by atoms with E-state index in [2.05, 4.69) is 34.5 Å². The van der Waals surface area contributed by atoms with Crippen molar-refractivity contribution >= 4 is 17.5 Å². The highest BCUT2D eigenvalue weighted by Gasteiger charge is 2.28. The fourth-order valence-electron chi connectivity index (χ4n) is 5.52. The van der Waals surface area contributed by atoms with E-state index in [1.54, 1.807) is 11.8 Å². The summed E-state index contributed by atoms with van der Waals surface area (Å²) >= 11 is 0. The Bertz CT molecular complexity index is 1100. The van der Waals surface area contributed by atoms with Gasteiger partial charge in [-0.3, -0.25) is 14.5 Å². The highest BCUT2D eigenvalue weighted by atomic mass is 16.5. The van der Waals surface area contributed by atoms with Gasteiger partial charge in [-0.05, 0) is 48.6 Å². The summed E-state index contributed by atoms with van der Waals surface area (Å²) in [6.07, 6.45) is 2.10. The Hall–Kier alpha value is -3.10. The molecule has 36 heavy (non-hydrogen) atoms. The summed E-state index contributed by atoms with van der Waals surface area (Å²) in [7, 11) is 0. The van der Waals surface area contributed by atoms with Gasteiger partial charge in [0.2, 0.25) is 5.91 Å². The van der Waals surface area contributed by atoms with Gasteiger partial charge in [-0.1, -0.05) is 24.3 Å². The summed E-state index contributed by atoms with van der Waals surface area (Å²) in [4.78, 5) is 30.9. The van der Waals surface area contributed by atoms with Crippen LogP contribution in [0.3, 0.4) is 0 Å². The first-order chi connectivity index (χ1) is 17.5. The minimum atomic E-state index is -0.631. The fourth-order valence-corrected chi connectivity index (χ4v) is 5.52. The monoisotopic (exact) mass is 492 g/mol. The van der Waals surface area contributed by atoms with Crippen molar-refractivity contribution in [2.24, 2.45) is 0 Å². The van der Waals surface area contributed by atoms with E-state index in [-0.39, 0.29) is 24.4 Å². The van der Waals surface area contributed by atoms with Crippen LogP contribution in [0.25, 0.3) is 0 Å². The molecular formula is C28H36N4O4. The Labute approximate surface area is 212 Å². The van der Waals surface area contributed by atoms with E-state index in [9.17, 15) is 14.7 Å². The Morgan fingerprint density at radius 3 is 2.64 bits per heavy atom. The van der Waals surface area contributed by atoms with Gasteiger partial charge in [-0.25, -0.2) is 0 Å². The lowest BCUT2D eigenvalue weighted by atomic mass is 10.00. The van der Waals surface area contributed by atoms with Crippen molar-refractivity contribution in [2.45, 2.75) is 44.9 Å². The van der Waals surface area contributed by atoms with E-state index in [1.165, 1.54) is 11.1 Å². The number of aliphatic hydroxyl groups is 1. The zero-order valence-corrected chi connectivity index (χ0v) is 21.0. The maximum absolute atomic E-state index is 13.4. The molecule has 8 heteroatoms. The number of benzene rings is 2. The van der Waals surface area contributed by atoms with Crippen LogP contribution in [0.4, 0.5) is 5.69 Å². The van der Waals surface area contributed by atoms with Crippen molar-refractivity contribution in [1.29, 1.82) is 0 Å². The molecule has 8 nitrogen and oxygen atoms in total. The molecule has 1 saturated heterocycles. The fraction of sp³-hybridized carbons (Fsp3) is 0.500. The van der Waals surface area contributed by atoms with Crippen molar-refractivity contribution in [2.75, 3.05) is 51.2 Å². The number of carbonyl (C=O) groups excluding carboxylic acids is 2. The van der Waals surface area contributed by atoms with Crippen LogP contribution in [-0.4, -0.2) is 89.6 Å². The third kappa shape index (κ3) is 5.65. The number of carbonyl (C=O) groups is 2. The molecule has 0 saturated carbocycles. The minimum Gasteiger partial charge on any atom is -0.491 e. The van der Waals surface area contributed by atoms with Gasteiger partial charge in [0.05, 0.1) is 18.2 Å². The standard InChI is InChI=1S/C28H36N4O4/c1-20(33)31-12-9-23(10-13-31)29-24-6-7-27-26(16-24)28(35)32(14-15-36-27)19-25(34)18-30-11-8-21-4-2-3-5-22(21)17-30/h2-7,16,23,25,29,34H,8-15,17-19H2,1H3/t25-/m0/s1. The number of hydrogen-bond donors (Lipinski definition) is 2. The number of nitrogens with zero attached hydrogens (tertiary/aromatic N) is 3. The second kappa shape index (κ2) is 10.9. The largest absolute Gasteiger partial charge is 0.491 e. The molecule has 0 aromatic heterocycles. The predicted octanol–water partition coefficient (Wildman–Crippen LogP) is 2.36. The van der Waals surface area contributed by atoms with Crippen molar-refractivity contribution in [3.05, 3.63) is 59.2 Å². The summed E-state index contributed by atoms with van der Waals surface area (Å²) in [5.74, 6) is 0.593. The molecule has 2 N–H and O–H groups in total. The van der Waals surface area contributed by atoms with E-state index in [1.807, 2.05) is 23.1 Å². The van der Waals surface area contributed by atoms with E-state index < -0.39 is 6.10 Å². The first-order valence-electron chi connectivity index (χ1n) is 13.0. The lowest BCUT2D eigenvalue weighted by Gasteiger charge is -2.32. The normalized spacial score (nSPS) is 19.7. The molecule has 192 valence electrons. The van der Waals surface area contributed by atoms with Crippen molar-refractivity contribution in [1.82, 2.24) is 14.7 Å². The van der Waals surface area contributed by atoms with Crippen molar-refractivity contribution in [3.8, 4) is 5.75 Å². The van der Waals surface area contributed by atoms with Crippen LogP contribution < -0.4 is 10.1 Å². The second-order valence-corrected chi connectivity index (χ2v) is 10.1. The molecule has 2 aromatic carbocycles. The van der Waals surface area contributed by atoms with E-state index >= 15 is 0 Å². The van der Waals surface area contributed by atoms with Gasteiger partial charge >= 0.3 is 0 Å². The summed E-state index contributed by atoms with van der Waals surface area (Å²) in [6.45, 7) is 6.50. The number of likely N-dealkylation sites (tertiary alicyclic amines) is 1. The number of anilines is 1. The van der Waals surface area contributed by atoms with Crippen molar-refractivity contribution in [3.63, 3.8) is 0 Å². The molecule has 0 spiro atoms.